The predicted molar refractivity (Wildman–Crippen MR) is 97.5 cm³/mol. The van der Waals surface area contributed by atoms with Crippen LogP contribution in [0, 0.1) is 0 Å². The molecule has 0 aliphatic heterocycles. The van der Waals surface area contributed by atoms with Gasteiger partial charge in [-0.15, -0.1) is 16.9 Å². The Balaban J connectivity index is 1.51. The van der Waals surface area contributed by atoms with Crippen molar-refractivity contribution in [1.82, 2.24) is 15.0 Å². The van der Waals surface area contributed by atoms with E-state index in [0.29, 0.717) is 21.7 Å². The van der Waals surface area contributed by atoms with Crippen LogP contribution in [0.3, 0.4) is 0 Å². The minimum atomic E-state index is -0.416. The smallest absolute Gasteiger partial charge is 0.317 e. The highest BCUT2D eigenvalue weighted by Gasteiger charge is 2.08. The lowest BCUT2D eigenvalue weighted by molar-refractivity contribution is -0.144. The van der Waals surface area contributed by atoms with Crippen LogP contribution in [0.15, 0.2) is 53.3 Å². The number of hydrogen-bond acceptors (Lipinski definition) is 6. The number of hydrogen-bond donors (Lipinski definition) is 0. The van der Waals surface area contributed by atoms with Crippen LogP contribution in [0.2, 0.25) is 5.02 Å². The Morgan fingerprint density at radius 1 is 1.16 bits per heavy atom. The normalized spacial score (nSPS) is 10.8. The first-order chi connectivity index (χ1) is 12.1. The first-order valence-electron chi connectivity index (χ1n) is 7.44. The Bertz CT molecular complexity index is 944. The minimum Gasteiger partial charge on any atom is -0.442 e. The summed E-state index contributed by atoms with van der Waals surface area (Å²) in [5, 5.41) is 8.82. The van der Waals surface area contributed by atoms with Crippen molar-refractivity contribution in [3.63, 3.8) is 0 Å². The van der Waals surface area contributed by atoms with Crippen molar-refractivity contribution in [1.29, 1.82) is 0 Å². The van der Waals surface area contributed by atoms with E-state index in [9.17, 15) is 9.59 Å². The fourth-order valence-electron chi connectivity index (χ4n) is 2.12. The van der Waals surface area contributed by atoms with Crippen molar-refractivity contribution in [2.45, 2.75) is 12.5 Å². The Kier molecular flexibility index (Phi) is 5.67. The van der Waals surface area contributed by atoms with Gasteiger partial charge in [0, 0.05) is 10.8 Å². The molecule has 128 valence electrons. The zero-order valence-corrected chi connectivity index (χ0v) is 14.7. The summed E-state index contributed by atoms with van der Waals surface area (Å²) in [4.78, 5) is 24.0. The van der Waals surface area contributed by atoms with Gasteiger partial charge in [0.25, 0.3) is 5.56 Å². The Hall–Kier alpha value is -2.38. The molecule has 0 unspecified atom stereocenters. The van der Waals surface area contributed by atoms with Gasteiger partial charge >= 0.3 is 5.97 Å². The summed E-state index contributed by atoms with van der Waals surface area (Å²) >= 11 is 7.25. The van der Waals surface area contributed by atoms with E-state index in [0.717, 1.165) is 10.2 Å². The molecular formula is C17H14ClN3O3S. The summed E-state index contributed by atoms with van der Waals surface area (Å²) in [6, 6.07) is 14.3. The van der Waals surface area contributed by atoms with Crippen molar-refractivity contribution in [2.24, 2.45) is 0 Å². The Morgan fingerprint density at radius 3 is 2.72 bits per heavy atom. The standard InChI is InChI=1S/C17H14ClN3O3S/c18-13-7-5-12(6-8-13)9-25-10-16(22)24-11-21-17(23)14-3-1-2-4-15(14)19-20-21/h1-8H,9-11H2. The first kappa shape index (κ1) is 17.4. The summed E-state index contributed by atoms with van der Waals surface area (Å²) in [6.45, 7) is -0.253. The summed E-state index contributed by atoms with van der Waals surface area (Å²) in [5.41, 5.74) is 1.24. The van der Waals surface area contributed by atoms with Crippen LogP contribution in [0.25, 0.3) is 10.9 Å². The van der Waals surface area contributed by atoms with Crippen LogP contribution in [0.4, 0.5) is 0 Å². The van der Waals surface area contributed by atoms with Crippen molar-refractivity contribution in [3.8, 4) is 0 Å². The maximum Gasteiger partial charge on any atom is 0.317 e. The molecule has 0 saturated heterocycles. The summed E-state index contributed by atoms with van der Waals surface area (Å²) in [7, 11) is 0. The average molecular weight is 376 g/mol. The second-order valence-electron chi connectivity index (χ2n) is 5.18. The minimum absolute atomic E-state index is 0.179. The van der Waals surface area contributed by atoms with E-state index in [2.05, 4.69) is 10.3 Å². The molecule has 2 aromatic carbocycles. The maximum absolute atomic E-state index is 12.2. The van der Waals surface area contributed by atoms with Gasteiger partial charge < -0.3 is 4.74 Å². The van der Waals surface area contributed by atoms with Gasteiger partial charge in [0.05, 0.1) is 11.1 Å². The third-order valence-corrected chi connectivity index (χ3v) is 4.61. The second-order valence-corrected chi connectivity index (χ2v) is 6.60. The van der Waals surface area contributed by atoms with E-state index in [-0.39, 0.29) is 18.0 Å². The van der Waals surface area contributed by atoms with Gasteiger partial charge in [-0.25, -0.2) is 0 Å². The molecule has 0 fully saturated rings. The molecule has 25 heavy (non-hydrogen) atoms. The third kappa shape index (κ3) is 4.58. The molecule has 3 rings (SSSR count). The zero-order chi connectivity index (χ0) is 17.6. The number of fused-ring (bicyclic) bond motifs is 1. The van der Waals surface area contributed by atoms with Crippen molar-refractivity contribution >= 4 is 40.2 Å². The van der Waals surface area contributed by atoms with E-state index in [1.54, 1.807) is 36.4 Å². The predicted octanol–water partition coefficient (Wildman–Crippen LogP) is 2.88. The van der Waals surface area contributed by atoms with Gasteiger partial charge in [-0.1, -0.05) is 41.1 Å². The van der Waals surface area contributed by atoms with Gasteiger partial charge in [0.2, 0.25) is 0 Å². The fraction of sp³-hybridized carbons (Fsp3) is 0.176. The number of esters is 1. The van der Waals surface area contributed by atoms with E-state index in [1.807, 2.05) is 12.1 Å². The number of carbonyl (C=O) groups is 1. The van der Waals surface area contributed by atoms with Gasteiger partial charge in [-0.2, -0.15) is 4.68 Å². The average Bonchev–Trinajstić information content (AvgIpc) is 2.63. The van der Waals surface area contributed by atoms with Crippen molar-refractivity contribution in [2.75, 3.05) is 5.75 Å². The molecule has 0 aliphatic rings. The molecule has 3 aromatic rings. The molecule has 0 saturated carbocycles. The number of ether oxygens (including phenoxy) is 1. The van der Waals surface area contributed by atoms with Crippen LogP contribution in [-0.4, -0.2) is 26.7 Å². The van der Waals surface area contributed by atoms with Crippen LogP contribution < -0.4 is 5.56 Å². The van der Waals surface area contributed by atoms with Crippen LogP contribution in [-0.2, 0) is 22.0 Å². The molecule has 0 bridgehead atoms. The summed E-state index contributed by atoms with van der Waals surface area (Å²) in [5.74, 6) is 0.432. The van der Waals surface area contributed by atoms with E-state index >= 15 is 0 Å². The Morgan fingerprint density at radius 2 is 1.92 bits per heavy atom. The summed E-state index contributed by atoms with van der Waals surface area (Å²) in [6.07, 6.45) is 0. The Labute approximate surface area is 152 Å². The molecule has 0 spiro atoms. The molecule has 1 heterocycles. The van der Waals surface area contributed by atoms with Crippen LogP contribution in [0.1, 0.15) is 5.56 Å². The number of carbonyl (C=O) groups excluding carboxylic acids is 1. The molecule has 0 N–H and O–H groups in total. The highest BCUT2D eigenvalue weighted by molar-refractivity contribution is 7.99. The van der Waals surface area contributed by atoms with Gasteiger partial charge in [0.1, 0.15) is 5.52 Å². The summed E-state index contributed by atoms with van der Waals surface area (Å²) < 4.78 is 6.13. The van der Waals surface area contributed by atoms with E-state index < -0.39 is 5.97 Å². The molecule has 1 aromatic heterocycles. The van der Waals surface area contributed by atoms with Crippen molar-refractivity contribution in [3.05, 3.63) is 69.5 Å². The largest absolute Gasteiger partial charge is 0.442 e. The molecule has 8 heteroatoms. The second kappa shape index (κ2) is 8.13. The molecule has 6 nitrogen and oxygen atoms in total. The first-order valence-corrected chi connectivity index (χ1v) is 8.97. The topological polar surface area (TPSA) is 74.1 Å². The number of rotatable bonds is 6. The fourth-order valence-corrected chi connectivity index (χ4v) is 3.02. The number of benzene rings is 2. The van der Waals surface area contributed by atoms with E-state index in [4.69, 9.17) is 16.3 Å². The van der Waals surface area contributed by atoms with Crippen LogP contribution >= 0.6 is 23.4 Å². The van der Waals surface area contributed by atoms with Crippen LogP contribution in [0.5, 0.6) is 0 Å². The number of halogens is 1. The molecule has 0 aliphatic carbocycles. The van der Waals surface area contributed by atoms with Crippen molar-refractivity contribution < 1.29 is 9.53 Å². The molecule has 0 amide bonds. The monoisotopic (exact) mass is 375 g/mol. The molecular weight excluding hydrogens is 362 g/mol. The lowest BCUT2D eigenvalue weighted by atomic mass is 10.2. The lowest BCUT2D eigenvalue weighted by Gasteiger charge is -2.06. The molecule has 0 atom stereocenters. The van der Waals surface area contributed by atoms with Gasteiger partial charge in [-0.3, -0.25) is 9.59 Å². The SMILES string of the molecule is O=C(CSCc1ccc(Cl)cc1)OCn1nnc2ccccc2c1=O. The third-order valence-electron chi connectivity index (χ3n) is 3.38. The maximum atomic E-state index is 12.2. The zero-order valence-electron chi connectivity index (χ0n) is 13.1. The molecule has 0 radical (unpaired) electrons. The lowest BCUT2D eigenvalue weighted by Crippen LogP contribution is -2.26. The number of nitrogens with zero attached hydrogens (tertiary/aromatic N) is 3. The van der Waals surface area contributed by atoms with Gasteiger partial charge in [0.15, 0.2) is 6.73 Å². The number of thioether (sulfide) groups is 1. The van der Waals surface area contributed by atoms with E-state index in [1.165, 1.54) is 11.8 Å². The van der Waals surface area contributed by atoms with Gasteiger partial charge in [-0.05, 0) is 29.8 Å². The quantitative estimate of drug-likeness (QED) is 0.617. The highest BCUT2D eigenvalue weighted by Crippen LogP contribution is 2.15. The highest BCUT2D eigenvalue weighted by atomic mass is 35.5. The number of aromatic nitrogens is 3.